The van der Waals surface area contributed by atoms with Crippen LogP contribution in [0.4, 0.5) is 5.69 Å². The minimum absolute atomic E-state index is 0.124. The van der Waals surface area contributed by atoms with Gasteiger partial charge in [-0.25, -0.2) is 0 Å². The molecular formula is C19H19ClN4OS2. The molecule has 0 fully saturated rings. The molecule has 1 amide bonds. The normalized spacial score (nSPS) is 10.7. The number of nitrogens with one attached hydrogen (secondary N) is 1. The summed E-state index contributed by atoms with van der Waals surface area (Å²) in [6.45, 7) is 6.53. The molecule has 0 aliphatic carbocycles. The highest BCUT2D eigenvalue weighted by molar-refractivity contribution is 7.99. The van der Waals surface area contributed by atoms with E-state index in [1.54, 1.807) is 41.7 Å². The quantitative estimate of drug-likeness (QED) is 0.406. The van der Waals surface area contributed by atoms with Crippen LogP contribution in [0, 0.1) is 0 Å². The van der Waals surface area contributed by atoms with Crippen LogP contribution in [0.25, 0.3) is 11.4 Å². The van der Waals surface area contributed by atoms with Gasteiger partial charge in [0.05, 0.1) is 5.75 Å². The van der Waals surface area contributed by atoms with Crippen molar-refractivity contribution in [3.63, 3.8) is 0 Å². The molecule has 1 N–H and O–H groups in total. The first-order valence-electron chi connectivity index (χ1n) is 8.40. The molecule has 0 bridgehead atoms. The number of hydrogen-bond acceptors (Lipinski definition) is 5. The summed E-state index contributed by atoms with van der Waals surface area (Å²) in [5, 5.41) is 14.8. The minimum atomic E-state index is -0.124. The Kier molecular flexibility index (Phi) is 6.71. The van der Waals surface area contributed by atoms with Gasteiger partial charge in [-0.3, -0.25) is 9.36 Å². The average molecular weight is 419 g/mol. The zero-order chi connectivity index (χ0) is 19.2. The van der Waals surface area contributed by atoms with Crippen LogP contribution in [0.15, 0.2) is 53.5 Å². The van der Waals surface area contributed by atoms with E-state index in [4.69, 9.17) is 11.6 Å². The highest BCUT2D eigenvalue weighted by Crippen LogP contribution is 2.28. The van der Waals surface area contributed by atoms with Crippen LogP contribution in [0.1, 0.15) is 11.8 Å². The van der Waals surface area contributed by atoms with Crippen molar-refractivity contribution in [3.05, 3.63) is 58.3 Å². The summed E-state index contributed by atoms with van der Waals surface area (Å²) in [6.07, 6.45) is 2.79. The number of anilines is 1. The molecule has 0 atom stereocenters. The summed E-state index contributed by atoms with van der Waals surface area (Å²) in [6, 6.07) is 9.21. The van der Waals surface area contributed by atoms with E-state index in [9.17, 15) is 4.79 Å². The summed E-state index contributed by atoms with van der Waals surface area (Å²) in [5.74, 6) is 0.899. The van der Waals surface area contributed by atoms with Crippen LogP contribution < -0.4 is 5.32 Å². The van der Waals surface area contributed by atoms with Gasteiger partial charge in [0.25, 0.3) is 0 Å². The fourth-order valence-electron chi connectivity index (χ4n) is 2.48. The predicted molar refractivity (Wildman–Crippen MR) is 114 cm³/mol. The number of nitrogens with zero attached hydrogens (tertiary/aromatic N) is 3. The molecule has 2 heterocycles. The van der Waals surface area contributed by atoms with Gasteiger partial charge >= 0.3 is 0 Å². The Hall–Kier alpha value is -2.09. The maximum atomic E-state index is 12.2. The molecule has 0 aliphatic heterocycles. The van der Waals surface area contributed by atoms with Gasteiger partial charge in [0.2, 0.25) is 5.91 Å². The van der Waals surface area contributed by atoms with Crippen molar-refractivity contribution in [1.29, 1.82) is 0 Å². The number of carbonyl (C=O) groups is 1. The molecule has 3 aromatic rings. The third kappa shape index (κ3) is 5.00. The second kappa shape index (κ2) is 9.21. The van der Waals surface area contributed by atoms with Gasteiger partial charge in [0, 0.05) is 33.1 Å². The van der Waals surface area contributed by atoms with Crippen LogP contribution in [-0.2, 0) is 17.8 Å². The van der Waals surface area contributed by atoms with Gasteiger partial charge < -0.3 is 5.32 Å². The first-order chi connectivity index (χ1) is 13.1. The van der Waals surface area contributed by atoms with Gasteiger partial charge in [0.1, 0.15) is 0 Å². The highest BCUT2D eigenvalue weighted by atomic mass is 35.5. The molecule has 0 saturated heterocycles. The molecular weight excluding hydrogens is 400 g/mol. The number of allylic oxidation sites excluding steroid dienone is 1. The number of rotatable bonds is 8. The van der Waals surface area contributed by atoms with Crippen molar-refractivity contribution in [2.24, 2.45) is 0 Å². The lowest BCUT2D eigenvalue weighted by Gasteiger charge is -2.07. The lowest BCUT2D eigenvalue weighted by atomic mass is 10.2. The Morgan fingerprint density at radius 1 is 1.41 bits per heavy atom. The zero-order valence-electron chi connectivity index (χ0n) is 14.8. The molecule has 8 heteroatoms. The fourth-order valence-corrected chi connectivity index (χ4v) is 4.23. The Morgan fingerprint density at radius 3 is 2.96 bits per heavy atom. The molecule has 0 spiro atoms. The third-order valence-corrected chi connectivity index (χ3v) is 6.01. The van der Waals surface area contributed by atoms with Crippen molar-refractivity contribution in [2.45, 2.75) is 25.0 Å². The lowest BCUT2D eigenvalue weighted by Crippen LogP contribution is -2.14. The monoisotopic (exact) mass is 418 g/mol. The summed E-state index contributed by atoms with van der Waals surface area (Å²) in [7, 11) is 0. The van der Waals surface area contributed by atoms with Crippen LogP contribution >= 0.6 is 34.7 Å². The summed E-state index contributed by atoms with van der Waals surface area (Å²) >= 11 is 9.00. The maximum Gasteiger partial charge on any atom is 0.234 e. The van der Waals surface area contributed by atoms with Crippen molar-refractivity contribution >= 4 is 46.3 Å². The Bertz CT molecular complexity index is 951. The van der Waals surface area contributed by atoms with Gasteiger partial charge in [-0.05, 0) is 30.7 Å². The Balaban J connectivity index is 1.71. The van der Waals surface area contributed by atoms with E-state index in [-0.39, 0.29) is 11.7 Å². The zero-order valence-corrected chi connectivity index (χ0v) is 17.2. The van der Waals surface area contributed by atoms with E-state index in [0.717, 1.165) is 17.8 Å². The number of thiophene rings is 1. The maximum absolute atomic E-state index is 12.2. The van der Waals surface area contributed by atoms with Gasteiger partial charge in [-0.15, -0.1) is 28.1 Å². The summed E-state index contributed by atoms with van der Waals surface area (Å²) < 4.78 is 1.98. The van der Waals surface area contributed by atoms with E-state index >= 15 is 0 Å². The second-order valence-electron chi connectivity index (χ2n) is 5.71. The average Bonchev–Trinajstić information content (AvgIpc) is 3.27. The number of thioether (sulfide) groups is 1. The smallest absolute Gasteiger partial charge is 0.234 e. The van der Waals surface area contributed by atoms with Gasteiger partial charge in [-0.1, -0.05) is 42.4 Å². The lowest BCUT2D eigenvalue weighted by molar-refractivity contribution is -0.113. The number of benzene rings is 1. The SMILES string of the molecule is C=CCn1c(SCC(=O)Nc2cccc(Cl)c2)nnc1-c1csc(CC)c1. The first kappa shape index (κ1) is 19.7. The second-order valence-corrected chi connectivity index (χ2v) is 8.08. The van der Waals surface area contributed by atoms with E-state index < -0.39 is 0 Å². The standard InChI is InChI=1S/C19H19ClN4OS2/c1-3-8-24-18(13-9-16(4-2)26-11-13)22-23-19(24)27-12-17(25)21-15-7-5-6-14(20)10-15/h3,5-7,9-11H,1,4,8,12H2,2H3,(H,21,25). The number of hydrogen-bond donors (Lipinski definition) is 1. The number of carbonyl (C=O) groups excluding carboxylic acids is 1. The fraction of sp³-hybridized carbons (Fsp3) is 0.211. The largest absolute Gasteiger partial charge is 0.325 e. The highest BCUT2D eigenvalue weighted by Gasteiger charge is 2.16. The predicted octanol–water partition coefficient (Wildman–Crippen LogP) is 5.14. The van der Waals surface area contributed by atoms with Crippen molar-refractivity contribution in [1.82, 2.24) is 14.8 Å². The van der Waals surface area contributed by atoms with E-state index in [1.807, 2.05) is 4.57 Å². The first-order valence-corrected chi connectivity index (χ1v) is 10.6. The molecule has 140 valence electrons. The Labute approximate surface area is 171 Å². The number of aryl methyl sites for hydroxylation is 1. The number of amides is 1. The van der Waals surface area contributed by atoms with Crippen LogP contribution in [0.2, 0.25) is 5.02 Å². The number of halogens is 1. The minimum Gasteiger partial charge on any atom is -0.325 e. The van der Waals surface area contributed by atoms with Crippen molar-refractivity contribution in [3.8, 4) is 11.4 Å². The van der Waals surface area contributed by atoms with E-state index in [2.05, 4.69) is 40.5 Å². The van der Waals surface area contributed by atoms with Crippen LogP contribution in [-0.4, -0.2) is 26.4 Å². The number of aromatic nitrogens is 3. The van der Waals surface area contributed by atoms with Crippen molar-refractivity contribution < 1.29 is 4.79 Å². The molecule has 0 aliphatic rings. The van der Waals surface area contributed by atoms with E-state index in [1.165, 1.54) is 16.6 Å². The molecule has 0 saturated carbocycles. The van der Waals surface area contributed by atoms with Crippen LogP contribution in [0.5, 0.6) is 0 Å². The molecule has 27 heavy (non-hydrogen) atoms. The third-order valence-electron chi connectivity index (χ3n) is 3.73. The molecule has 2 aromatic heterocycles. The Morgan fingerprint density at radius 2 is 2.26 bits per heavy atom. The van der Waals surface area contributed by atoms with Gasteiger partial charge in [0.15, 0.2) is 11.0 Å². The molecule has 1 aromatic carbocycles. The molecule has 0 radical (unpaired) electrons. The summed E-state index contributed by atoms with van der Waals surface area (Å²) in [5.41, 5.74) is 1.72. The van der Waals surface area contributed by atoms with Crippen molar-refractivity contribution in [2.75, 3.05) is 11.1 Å². The molecule has 5 nitrogen and oxygen atoms in total. The molecule has 0 unspecified atom stereocenters. The topological polar surface area (TPSA) is 59.8 Å². The summed E-state index contributed by atoms with van der Waals surface area (Å²) in [4.78, 5) is 13.5. The van der Waals surface area contributed by atoms with Gasteiger partial charge in [-0.2, -0.15) is 0 Å². The van der Waals surface area contributed by atoms with E-state index in [0.29, 0.717) is 22.4 Å². The van der Waals surface area contributed by atoms with Crippen LogP contribution in [0.3, 0.4) is 0 Å². The molecule has 3 rings (SSSR count).